The van der Waals surface area contributed by atoms with E-state index in [9.17, 15) is 4.79 Å². The summed E-state index contributed by atoms with van der Waals surface area (Å²) in [6.45, 7) is 1.52. The number of ether oxygens (including phenoxy) is 1. The van der Waals surface area contributed by atoms with Crippen LogP contribution in [-0.2, 0) is 6.54 Å². The van der Waals surface area contributed by atoms with Gasteiger partial charge >= 0.3 is 0 Å². The quantitative estimate of drug-likeness (QED) is 0.683. The summed E-state index contributed by atoms with van der Waals surface area (Å²) >= 11 is 0. The first kappa shape index (κ1) is 16.6. The summed E-state index contributed by atoms with van der Waals surface area (Å²) in [5.74, 6) is 1.56. The van der Waals surface area contributed by atoms with Crippen molar-refractivity contribution in [1.82, 2.24) is 14.5 Å². The number of hydrogen-bond donors (Lipinski definition) is 0. The monoisotopic (exact) mass is 349 g/mol. The highest BCUT2D eigenvalue weighted by atomic mass is 16.5. The van der Waals surface area contributed by atoms with Gasteiger partial charge in [0.05, 0.1) is 18.2 Å². The van der Waals surface area contributed by atoms with E-state index in [2.05, 4.69) is 9.55 Å². The summed E-state index contributed by atoms with van der Waals surface area (Å²) < 4.78 is 7.32. The van der Waals surface area contributed by atoms with Gasteiger partial charge in [-0.25, -0.2) is 0 Å². The third-order valence-corrected chi connectivity index (χ3v) is 4.95. The van der Waals surface area contributed by atoms with Gasteiger partial charge in [0.25, 0.3) is 5.91 Å². The summed E-state index contributed by atoms with van der Waals surface area (Å²) in [5.41, 5.74) is 3.58. The lowest BCUT2D eigenvalue weighted by Gasteiger charge is -2.15. The van der Waals surface area contributed by atoms with Crippen molar-refractivity contribution in [3.05, 3.63) is 59.9 Å². The van der Waals surface area contributed by atoms with E-state index in [1.165, 1.54) is 12.8 Å². The van der Waals surface area contributed by atoms with Crippen molar-refractivity contribution in [3.8, 4) is 5.75 Å². The van der Waals surface area contributed by atoms with Gasteiger partial charge in [-0.2, -0.15) is 0 Å². The van der Waals surface area contributed by atoms with Crippen LogP contribution in [0.3, 0.4) is 0 Å². The highest BCUT2D eigenvalue weighted by molar-refractivity contribution is 6.05. The van der Waals surface area contributed by atoms with Crippen molar-refractivity contribution in [2.45, 2.75) is 19.4 Å². The number of pyridine rings is 1. The number of hydrogen-bond acceptors (Lipinski definition) is 3. The highest BCUT2D eigenvalue weighted by Crippen LogP contribution is 2.30. The molecule has 5 nitrogen and oxygen atoms in total. The Bertz CT molecular complexity index is 926. The van der Waals surface area contributed by atoms with E-state index >= 15 is 0 Å². The van der Waals surface area contributed by atoms with Crippen LogP contribution >= 0.6 is 0 Å². The molecule has 5 heteroatoms. The molecule has 1 aliphatic rings. The van der Waals surface area contributed by atoms with E-state index < -0.39 is 0 Å². The lowest BCUT2D eigenvalue weighted by atomic mass is 10.2. The normalized spacial score (nSPS) is 13.8. The van der Waals surface area contributed by atoms with Crippen molar-refractivity contribution in [2.24, 2.45) is 5.92 Å². The van der Waals surface area contributed by atoms with E-state index in [0.29, 0.717) is 18.0 Å². The molecule has 1 aromatic carbocycles. The first-order valence-corrected chi connectivity index (χ1v) is 8.98. The summed E-state index contributed by atoms with van der Waals surface area (Å²) in [6.07, 6.45) is 6.15. The fourth-order valence-electron chi connectivity index (χ4n) is 3.31. The number of carbonyl (C=O) groups excluding carboxylic acids is 1. The van der Waals surface area contributed by atoms with Crippen molar-refractivity contribution in [3.63, 3.8) is 0 Å². The summed E-state index contributed by atoms with van der Waals surface area (Å²) in [4.78, 5) is 19.2. The Morgan fingerprint density at radius 3 is 2.73 bits per heavy atom. The predicted octanol–water partition coefficient (Wildman–Crippen LogP) is 3.58. The van der Waals surface area contributed by atoms with Crippen LogP contribution in [0, 0.1) is 5.92 Å². The maximum atomic E-state index is 12.9. The van der Waals surface area contributed by atoms with Crippen molar-refractivity contribution in [1.29, 1.82) is 0 Å². The van der Waals surface area contributed by atoms with Crippen LogP contribution in [0.2, 0.25) is 0 Å². The Morgan fingerprint density at radius 1 is 1.27 bits per heavy atom. The van der Waals surface area contributed by atoms with E-state index in [1.54, 1.807) is 13.3 Å². The Hall–Kier alpha value is -2.82. The Kier molecular flexibility index (Phi) is 4.37. The van der Waals surface area contributed by atoms with Gasteiger partial charge in [-0.05, 0) is 48.6 Å². The zero-order valence-corrected chi connectivity index (χ0v) is 15.2. The molecule has 0 aliphatic heterocycles. The molecule has 1 saturated carbocycles. The van der Waals surface area contributed by atoms with E-state index in [0.717, 1.165) is 28.9 Å². The average molecular weight is 349 g/mol. The zero-order chi connectivity index (χ0) is 18.1. The molecule has 2 heterocycles. The number of aromatic nitrogens is 2. The maximum Gasteiger partial charge on any atom is 0.257 e. The zero-order valence-electron chi connectivity index (χ0n) is 15.2. The number of benzene rings is 1. The molecule has 0 unspecified atom stereocenters. The molecular formula is C21H23N3O2. The second-order valence-corrected chi connectivity index (χ2v) is 7.02. The molecule has 1 aliphatic carbocycles. The second-order valence-electron chi connectivity index (χ2n) is 7.02. The molecule has 0 N–H and O–H groups in total. The summed E-state index contributed by atoms with van der Waals surface area (Å²) in [7, 11) is 3.55. The van der Waals surface area contributed by atoms with Gasteiger partial charge in [-0.15, -0.1) is 0 Å². The largest absolute Gasteiger partial charge is 0.497 e. The van der Waals surface area contributed by atoms with Crippen molar-refractivity contribution < 1.29 is 9.53 Å². The molecule has 4 rings (SSSR count). The van der Waals surface area contributed by atoms with Crippen LogP contribution in [0.25, 0.3) is 11.0 Å². The van der Waals surface area contributed by atoms with Crippen LogP contribution in [0.5, 0.6) is 5.75 Å². The first-order chi connectivity index (χ1) is 12.7. The van der Waals surface area contributed by atoms with Crippen LogP contribution in [0.1, 0.15) is 28.8 Å². The fraction of sp³-hybridized carbons (Fsp3) is 0.333. The number of rotatable bonds is 6. The average Bonchev–Trinajstić information content (AvgIpc) is 3.42. The minimum atomic E-state index is 0.0501. The number of amides is 1. The van der Waals surface area contributed by atoms with Gasteiger partial charge < -0.3 is 14.2 Å². The van der Waals surface area contributed by atoms with Crippen LogP contribution in [-0.4, -0.2) is 41.1 Å². The molecule has 0 radical (unpaired) electrons. The smallest absolute Gasteiger partial charge is 0.257 e. The molecule has 3 aromatic rings. The van der Waals surface area contributed by atoms with E-state index in [1.807, 2.05) is 54.5 Å². The molecule has 0 bridgehead atoms. The predicted molar refractivity (Wildman–Crippen MR) is 102 cm³/mol. The highest BCUT2D eigenvalue weighted by Gasteiger charge is 2.27. The SMILES string of the molecule is COc1ccc(Cn2cc(C(=O)N(C)CC3CC3)c3ncccc32)cc1. The van der Waals surface area contributed by atoms with Gasteiger partial charge in [0.1, 0.15) is 11.3 Å². The maximum absolute atomic E-state index is 12.9. The third-order valence-electron chi connectivity index (χ3n) is 4.95. The van der Waals surface area contributed by atoms with Crippen LogP contribution in [0.4, 0.5) is 0 Å². The second kappa shape index (κ2) is 6.83. The van der Waals surface area contributed by atoms with Crippen molar-refractivity contribution >= 4 is 16.9 Å². The molecule has 1 fully saturated rings. The van der Waals surface area contributed by atoms with Gasteiger partial charge in [-0.1, -0.05) is 12.1 Å². The van der Waals surface area contributed by atoms with Gasteiger partial charge in [0.2, 0.25) is 0 Å². The summed E-state index contributed by atoms with van der Waals surface area (Å²) in [5, 5.41) is 0. The van der Waals surface area contributed by atoms with Crippen molar-refractivity contribution in [2.75, 3.05) is 20.7 Å². The number of methoxy groups -OCH3 is 1. The first-order valence-electron chi connectivity index (χ1n) is 8.98. The Labute approximate surface area is 153 Å². The minimum absolute atomic E-state index is 0.0501. The summed E-state index contributed by atoms with van der Waals surface area (Å²) in [6, 6.07) is 11.9. The third kappa shape index (κ3) is 3.29. The van der Waals surface area contributed by atoms with E-state index in [-0.39, 0.29) is 5.91 Å². The minimum Gasteiger partial charge on any atom is -0.497 e. The number of carbonyl (C=O) groups is 1. The van der Waals surface area contributed by atoms with Gasteiger partial charge in [0.15, 0.2) is 0 Å². The number of nitrogens with zero attached hydrogens (tertiary/aromatic N) is 3. The number of fused-ring (bicyclic) bond motifs is 1. The lowest BCUT2D eigenvalue weighted by Crippen LogP contribution is -2.28. The molecular weight excluding hydrogens is 326 g/mol. The molecule has 0 saturated heterocycles. The Balaban J connectivity index is 1.65. The fourth-order valence-corrected chi connectivity index (χ4v) is 3.31. The van der Waals surface area contributed by atoms with Crippen LogP contribution in [0.15, 0.2) is 48.8 Å². The lowest BCUT2D eigenvalue weighted by molar-refractivity contribution is 0.0790. The molecule has 1 amide bonds. The molecule has 2 aromatic heterocycles. The van der Waals surface area contributed by atoms with Crippen LogP contribution < -0.4 is 4.74 Å². The molecule has 26 heavy (non-hydrogen) atoms. The standard InChI is InChI=1S/C21H23N3O2/c1-23(12-15-5-6-15)21(25)18-14-24(19-4-3-11-22-20(18)19)13-16-7-9-17(26-2)10-8-16/h3-4,7-11,14-15H,5-6,12-13H2,1-2H3. The molecule has 134 valence electrons. The molecule has 0 spiro atoms. The van der Waals surface area contributed by atoms with Gasteiger partial charge in [0, 0.05) is 32.5 Å². The topological polar surface area (TPSA) is 47.4 Å². The Morgan fingerprint density at radius 2 is 2.04 bits per heavy atom. The van der Waals surface area contributed by atoms with E-state index in [4.69, 9.17) is 4.74 Å². The van der Waals surface area contributed by atoms with Gasteiger partial charge in [-0.3, -0.25) is 9.78 Å². The molecule has 0 atom stereocenters.